The first-order valence-electron chi connectivity index (χ1n) is 4.59. The first kappa shape index (κ1) is 8.81. The Labute approximate surface area is 83.4 Å². The summed E-state index contributed by atoms with van der Waals surface area (Å²) in [6.45, 7) is 4.14. The summed E-state index contributed by atoms with van der Waals surface area (Å²) in [5.41, 5.74) is 6.73. The van der Waals surface area contributed by atoms with Gasteiger partial charge < -0.3 is 0 Å². The van der Waals surface area contributed by atoms with E-state index in [-0.39, 0.29) is 0 Å². The van der Waals surface area contributed by atoms with E-state index in [2.05, 4.69) is 41.1 Å². The number of aromatic nitrogens is 2. The van der Waals surface area contributed by atoms with Crippen LogP contribution in [0.25, 0.3) is 0 Å². The second-order valence-electron chi connectivity index (χ2n) is 3.30. The highest BCUT2D eigenvalue weighted by Gasteiger charge is 1.99. The lowest BCUT2D eigenvalue weighted by Crippen LogP contribution is -2.11. The van der Waals surface area contributed by atoms with E-state index < -0.39 is 0 Å². The van der Waals surface area contributed by atoms with Crippen LogP contribution in [0.2, 0.25) is 0 Å². The van der Waals surface area contributed by atoms with Crippen LogP contribution in [0.1, 0.15) is 11.4 Å². The van der Waals surface area contributed by atoms with Crippen molar-refractivity contribution in [2.45, 2.75) is 13.8 Å². The minimum absolute atomic E-state index is 1.04. The molecule has 0 spiro atoms. The van der Waals surface area contributed by atoms with Crippen molar-refractivity contribution in [2.24, 2.45) is 0 Å². The number of aryl methyl sites for hydroxylation is 2. The third kappa shape index (κ3) is 1.62. The molecule has 1 N–H and O–H groups in total. The monoisotopic (exact) mass is 187 g/mol. The molecule has 0 saturated heterocycles. The fourth-order valence-corrected chi connectivity index (χ4v) is 1.40. The van der Waals surface area contributed by atoms with E-state index in [0.717, 1.165) is 5.69 Å². The van der Waals surface area contributed by atoms with Crippen LogP contribution in [0.15, 0.2) is 36.7 Å². The number of pyridine rings is 1. The van der Waals surface area contributed by atoms with Crippen LogP contribution in [-0.2, 0) is 0 Å². The van der Waals surface area contributed by atoms with Crippen LogP contribution in [0.3, 0.4) is 0 Å². The largest absolute Gasteiger partial charge is 0.294 e. The van der Waals surface area contributed by atoms with Gasteiger partial charge in [-0.1, -0.05) is 0 Å². The molecule has 14 heavy (non-hydrogen) atoms. The Balaban J connectivity index is 2.27. The summed E-state index contributed by atoms with van der Waals surface area (Å²) < 4.78 is 2.05. The van der Waals surface area contributed by atoms with Crippen LogP contribution < -0.4 is 5.43 Å². The summed E-state index contributed by atoms with van der Waals surface area (Å²) in [7, 11) is 0. The zero-order chi connectivity index (χ0) is 9.97. The van der Waals surface area contributed by atoms with Gasteiger partial charge in [-0.3, -0.25) is 15.1 Å². The van der Waals surface area contributed by atoms with E-state index in [1.165, 1.54) is 11.4 Å². The van der Waals surface area contributed by atoms with Crippen molar-refractivity contribution in [3.63, 3.8) is 0 Å². The maximum atomic E-state index is 3.97. The van der Waals surface area contributed by atoms with Gasteiger partial charge in [0.05, 0.1) is 5.69 Å². The summed E-state index contributed by atoms with van der Waals surface area (Å²) >= 11 is 0. The Kier molecular flexibility index (Phi) is 2.23. The SMILES string of the molecule is Cc1ccc(C)n1Nc1ccncc1. The highest BCUT2D eigenvalue weighted by molar-refractivity contribution is 5.41. The van der Waals surface area contributed by atoms with E-state index in [4.69, 9.17) is 0 Å². The molecule has 2 aromatic rings. The quantitative estimate of drug-likeness (QED) is 0.782. The van der Waals surface area contributed by atoms with Crippen molar-refractivity contribution in [2.75, 3.05) is 5.43 Å². The predicted molar refractivity (Wildman–Crippen MR) is 57.2 cm³/mol. The van der Waals surface area contributed by atoms with Gasteiger partial charge in [-0.2, -0.15) is 0 Å². The molecule has 0 aliphatic carbocycles. The van der Waals surface area contributed by atoms with Gasteiger partial charge in [-0.25, -0.2) is 0 Å². The van der Waals surface area contributed by atoms with Crippen molar-refractivity contribution in [1.82, 2.24) is 9.66 Å². The molecule has 2 heterocycles. The lowest BCUT2D eigenvalue weighted by molar-refractivity contribution is 0.881. The third-order valence-electron chi connectivity index (χ3n) is 2.19. The summed E-state index contributed by atoms with van der Waals surface area (Å²) in [6.07, 6.45) is 3.55. The van der Waals surface area contributed by atoms with Gasteiger partial charge in [0.2, 0.25) is 0 Å². The molecule has 0 aromatic carbocycles. The molecule has 3 heteroatoms. The fraction of sp³-hybridized carbons (Fsp3) is 0.182. The van der Waals surface area contributed by atoms with Gasteiger partial charge >= 0.3 is 0 Å². The summed E-state index contributed by atoms with van der Waals surface area (Å²) in [6, 6.07) is 8.06. The Hall–Kier alpha value is -1.77. The van der Waals surface area contributed by atoms with Crippen molar-refractivity contribution >= 4 is 5.69 Å². The minimum atomic E-state index is 1.04. The van der Waals surface area contributed by atoms with Crippen LogP contribution in [-0.4, -0.2) is 9.66 Å². The van der Waals surface area contributed by atoms with Crippen LogP contribution >= 0.6 is 0 Å². The third-order valence-corrected chi connectivity index (χ3v) is 2.19. The molecule has 2 rings (SSSR count). The standard InChI is InChI=1S/C11H13N3/c1-9-3-4-10(2)14(9)13-11-5-7-12-8-6-11/h3-8H,1-2H3,(H,12,13). The molecule has 0 aliphatic rings. The molecule has 0 fully saturated rings. The molecular weight excluding hydrogens is 174 g/mol. The van der Waals surface area contributed by atoms with Crippen LogP contribution in [0, 0.1) is 13.8 Å². The molecular formula is C11H13N3. The Morgan fingerprint density at radius 2 is 1.57 bits per heavy atom. The highest BCUT2D eigenvalue weighted by Crippen LogP contribution is 2.10. The zero-order valence-corrected chi connectivity index (χ0v) is 8.36. The van der Waals surface area contributed by atoms with Gasteiger partial charge in [0.25, 0.3) is 0 Å². The molecule has 3 nitrogen and oxygen atoms in total. The van der Waals surface area contributed by atoms with E-state index in [1.807, 2.05) is 12.1 Å². The average Bonchev–Trinajstić information content (AvgIpc) is 2.51. The smallest absolute Gasteiger partial charge is 0.0576 e. The van der Waals surface area contributed by atoms with E-state index in [1.54, 1.807) is 12.4 Å². The molecule has 0 amide bonds. The molecule has 0 atom stereocenters. The van der Waals surface area contributed by atoms with E-state index in [9.17, 15) is 0 Å². The topological polar surface area (TPSA) is 29.9 Å². The molecule has 0 radical (unpaired) electrons. The summed E-state index contributed by atoms with van der Waals surface area (Å²) in [5.74, 6) is 0. The second-order valence-corrected chi connectivity index (χ2v) is 3.30. The van der Waals surface area contributed by atoms with Crippen LogP contribution in [0.4, 0.5) is 5.69 Å². The van der Waals surface area contributed by atoms with Gasteiger partial charge in [-0.15, -0.1) is 0 Å². The number of hydrogen-bond acceptors (Lipinski definition) is 2. The van der Waals surface area contributed by atoms with Crippen molar-refractivity contribution in [3.05, 3.63) is 48.0 Å². The Morgan fingerprint density at radius 3 is 2.14 bits per heavy atom. The molecule has 2 aromatic heterocycles. The Bertz CT molecular complexity index is 398. The number of rotatable bonds is 2. The molecule has 0 unspecified atom stereocenters. The normalized spacial score (nSPS) is 10.1. The van der Waals surface area contributed by atoms with Crippen molar-refractivity contribution in [3.8, 4) is 0 Å². The highest BCUT2D eigenvalue weighted by atomic mass is 15.4. The van der Waals surface area contributed by atoms with E-state index >= 15 is 0 Å². The minimum Gasteiger partial charge on any atom is -0.294 e. The zero-order valence-electron chi connectivity index (χ0n) is 8.36. The lowest BCUT2D eigenvalue weighted by Gasteiger charge is -2.11. The first-order chi connectivity index (χ1) is 6.77. The maximum Gasteiger partial charge on any atom is 0.0576 e. The van der Waals surface area contributed by atoms with Gasteiger partial charge in [0, 0.05) is 23.8 Å². The fourth-order valence-electron chi connectivity index (χ4n) is 1.40. The lowest BCUT2D eigenvalue weighted by atomic mass is 10.4. The summed E-state index contributed by atoms with van der Waals surface area (Å²) in [4.78, 5) is 3.97. The first-order valence-corrected chi connectivity index (χ1v) is 4.59. The second kappa shape index (κ2) is 3.54. The number of hydrogen-bond donors (Lipinski definition) is 1. The summed E-state index contributed by atoms with van der Waals surface area (Å²) in [5, 5.41) is 0. The van der Waals surface area contributed by atoms with Gasteiger partial charge in [0.1, 0.15) is 0 Å². The van der Waals surface area contributed by atoms with Crippen molar-refractivity contribution in [1.29, 1.82) is 0 Å². The number of nitrogens with zero attached hydrogens (tertiary/aromatic N) is 2. The van der Waals surface area contributed by atoms with Gasteiger partial charge in [0.15, 0.2) is 0 Å². The van der Waals surface area contributed by atoms with Crippen molar-refractivity contribution < 1.29 is 0 Å². The number of anilines is 1. The van der Waals surface area contributed by atoms with E-state index in [0.29, 0.717) is 0 Å². The maximum absolute atomic E-state index is 3.97. The average molecular weight is 187 g/mol. The molecule has 72 valence electrons. The molecule has 0 aliphatic heterocycles. The predicted octanol–water partition coefficient (Wildman–Crippen LogP) is 2.38. The molecule has 0 bridgehead atoms. The van der Waals surface area contributed by atoms with Gasteiger partial charge in [-0.05, 0) is 38.1 Å². The molecule has 0 saturated carbocycles. The number of nitrogens with one attached hydrogen (secondary N) is 1. The Morgan fingerprint density at radius 1 is 1.00 bits per heavy atom. The van der Waals surface area contributed by atoms with Crippen LogP contribution in [0.5, 0.6) is 0 Å².